The number of carbonyl (C=O) groups excluding carboxylic acids is 1. The molecule has 2 amide bonds. The molecule has 0 heterocycles. The molecule has 0 saturated carbocycles. The summed E-state index contributed by atoms with van der Waals surface area (Å²) in [6, 6.07) is 19.0. The maximum atomic E-state index is 11.3. The lowest BCUT2D eigenvalue weighted by atomic mass is 9.85. The number of hydrogen-bond acceptors (Lipinski definition) is 1. The third kappa shape index (κ3) is 2.35. The van der Waals surface area contributed by atoms with Crippen molar-refractivity contribution in [1.82, 2.24) is 5.32 Å². The van der Waals surface area contributed by atoms with E-state index in [1.807, 2.05) is 67.6 Å². The zero-order valence-corrected chi connectivity index (χ0v) is 10.3. The Kier molecular flexibility index (Phi) is 3.33. The van der Waals surface area contributed by atoms with Gasteiger partial charge in [-0.1, -0.05) is 60.7 Å². The van der Waals surface area contributed by atoms with Gasteiger partial charge in [0, 0.05) is 0 Å². The van der Waals surface area contributed by atoms with Crippen molar-refractivity contribution in [3.05, 3.63) is 71.8 Å². The Morgan fingerprint density at radius 2 is 1.33 bits per heavy atom. The molecule has 18 heavy (non-hydrogen) atoms. The van der Waals surface area contributed by atoms with Crippen LogP contribution in [0.5, 0.6) is 0 Å². The average Bonchev–Trinajstić information content (AvgIpc) is 2.40. The Bertz CT molecular complexity index is 483. The summed E-state index contributed by atoms with van der Waals surface area (Å²) in [7, 11) is 0. The molecule has 0 aliphatic heterocycles. The second kappa shape index (κ2) is 4.92. The molecule has 0 unspecified atom stereocenters. The van der Waals surface area contributed by atoms with Crippen LogP contribution in [0.15, 0.2) is 60.7 Å². The summed E-state index contributed by atoms with van der Waals surface area (Å²) in [4.78, 5) is 11.3. The van der Waals surface area contributed by atoms with Gasteiger partial charge in [-0.15, -0.1) is 0 Å². The van der Waals surface area contributed by atoms with E-state index >= 15 is 0 Å². The number of rotatable bonds is 3. The van der Waals surface area contributed by atoms with Crippen LogP contribution < -0.4 is 11.1 Å². The summed E-state index contributed by atoms with van der Waals surface area (Å²) in [5.74, 6) is 0. The SMILES string of the molecule is CC(NC(N)=O)(c1ccccc1)c1ccccc1. The van der Waals surface area contributed by atoms with Crippen LogP contribution in [0.3, 0.4) is 0 Å². The van der Waals surface area contributed by atoms with Gasteiger partial charge in [0.25, 0.3) is 0 Å². The normalized spacial score (nSPS) is 10.9. The van der Waals surface area contributed by atoms with Gasteiger partial charge >= 0.3 is 6.03 Å². The Balaban J connectivity index is 2.51. The molecule has 2 rings (SSSR count). The first-order valence-electron chi connectivity index (χ1n) is 5.81. The highest BCUT2D eigenvalue weighted by Gasteiger charge is 2.29. The fourth-order valence-corrected chi connectivity index (χ4v) is 2.10. The summed E-state index contributed by atoms with van der Waals surface area (Å²) in [6.45, 7) is 1.95. The van der Waals surface area contributed by atoms with Crippen LogP contribution in [-0.4, -0.2) is 6.03 Å². The molecule has 0 spiro atoms. The smallest absolute Gasteiger partial charge is 0.313 e. The summed E-state index contributed by atoms with van der Waals surface area (Å²) >= 11 is 0. The van der Waals surface area contributed by atoms with Gasteiger partial charge in [-0.3, -0.25) is 0 Å². The van der Waals surface area contributed by atoms with E-state index in [0.29, 0.717) is 0 Å². The number of hydrogen-bond donors (Lipinski definition) is 2. The minimum Gasteiger partial charge on any atom is -0.352 e. The van der Waals surface area contributed by atoms with E-state index in [1.54, 1.807) is 0 Å². The molecular weight excluding hydrogens is 224 g/mol. The Morgan fingerprint density at radius 1 is 0.944 bits per heavy atom. The van der Waals surface area contributed by atoms with Crippen molar-refractivity contribution in [1.29, 1.82) is 0 Å². The number of benzene rings is 2. The fraction of sp³-hybridized carbons (Fsp3) is 0.133. The molecule has 0 atom stereocenters. The number of urea groups is 1. The lowest BCUT2D eigenvalue weighted by molar-refractivity contribution is 0.240. The highest BCUT2D eigenvalue weighted by Crippen LogP contribution is 2.28. The highest BCUT2D eigenvalue weighted by molar-refractivity contribution is 5.73. The van der Waals surface area contributed by atoms with Crippen LogP contribution >= 0.6 is 0 Å². The van der Waals surface area contributed by atoms with Gasteiger partial charge in [0.05, 0.1) is 5.54 Å². The fourth-order valence-electron chi connectivity index (χ4n) is 2.10. The van der Waals surface area contributed by atoms with Crippen molar-refractivity contribution >= 4 is 6.03 Å². The summed E-state index contributed by atoms with van der Waals surface area (Å²) in [5.41, 5.74) is 6.68. The Labute approximate surface area is 107 Å². The van der Waals surface area contributed by atoms with E-state index in [4.69, 9.17) is 5.73 Å². The maximum Gasteiger partial charge on any atom is 0.313 e. The molecule has 0 radical (unpaired) electrons. The first-order chi connectivity index (χ1) is 8.63. The van der Waals surface area contributed by atoms with Gasteiger partial charge in [0.2, 0.25) is 0 Å². The van der Waals surface area contributed by atoms with Crippen molar-refractivity contribution in [3.8, 4) is 0 Å². The van der Waals surface area contributed by atoms with Crippen molar-refractivity contribution in [2.75, 3.05) is 0 Å². The van der Waals surface area contributed by atoms with Crippen LogP contribution in [0.1, 0.15) is 18.1 Å². The van der Waals surface area contributed by atoms with Crippen molar-refractivity contribution in [3.63, 3.8) is 0 Å². The molecule has 0 aromatic heterocycles. The maximum absolute atomic E-state index is 11.3. The number of amides is 2. The summed E-state index contributed by atoms with van der Waals surface area (Å²) in [6.07, 6.45) is 0. The quantitative estimate of drug-likeness (QED) is 0.851. The minimum atomic E-state index is -0.617. The molecule has 92 valence electrons. The van der Waals surface area contributed by atoms with E-state index in [1.165, 1.54) is 0 Å². The van der Waals surface area contributed by atoms with Gasteiger partial charge in [0.1, 0.15) is 0 Å². The first kappa shape index (κ1) is 12.2. The third-order valence-electron chi connectivity index (χ3n) is 3.08. The van der Waals surface area contributed by atoms with Gasteiger partial charge in [-0.2, -0.15) is 0 Å². The Morgan fingerprint density at radius 3 is 1.67 bits per heavy atom. The van der Waals surface area contributed by atoms with E-state index in [-0.39, 0.29) is 0 Å². The topological polar surface area (TPSA) is 55.1 Å². The zero-order valence-electron chi connectivity index (χ0n) is 10.3. The van der Waals surface area contributed by atoms with E-state index in [0.717, 1.165) is 11.1 Å². The van der Waals surface area contributed by atoms with Crippen molar-refractivity contribution < 1.29 is 4.79 Å². The lowest BCUT2D eigenvalue weighted by Gasteiger charge is -2.31. The minimum absolute atomic E-state index is 0.537. The number of nitrogens with two attached hydrogens (primary N) is 1. The monoisotopic (exact) mass is 240 g/mol. The summed E-state index contributed by atoms with van der Waals surface area (Å²) < 4.78 is 0. The number of primary amides is 1. The molecular formula is C15H16N2O. The summed E-state index contributed by atoms with van der Waals surface area (Å²) in [5, 5.41) is 2.83. The second-order valence-electron chi connectivity index (χ2n) is 4.35. The highest BCUT2D eigenvalue weighted by atomic mass is 16.2. The van der Waals surface area contributed by atoms with E-state index in [9.17, 15) is 4.79 Å². The van der Waals surface area contributed by atoms with Gasteiger partial charge in [0.15, 0.2) is 0 Å². The molecule has 0 aliphatic rings. The van der Waals surface area contributed by atoms with Gasteiger partial charge in [-0.25, -0.2) is 4.79 Å². The van der Waals surface area contributed by atoms with E-state index in [2.05, 4.69) is 5.32 Å². The number of carbonyl (C=O) groups is 1. The van der Waals surface area contributed by atoms with Crippen LogP contribution in [0, 0.1) is 0 Å². The molecule has 0 fully saturated rings. The van der Waals surface area contributed by atoms with Crippen LogP contribution in [0.2, 0.25) is 0 Å². The molecule has 2 aromatic carbocycles. The zero-order chi connectivity index (χ0) is 13.0. The lowest BCUT2D eigenvalue weighted by Crippen LogP contribution is -2.46. The average molecular weight is 240 g/mol. The first-order valence-corrected chi connectivity index (χ1v) is 5.81. The van der Waals surface area contributed by atoms with Crippen LogP contribution in [-0.2, 0) is 5.54 Å². The molecule has 0 saturated heterocycles. The predicted octanol–water partition coefficient (Wildman–Crippen LogP) is 2.62. The molecule has 2 aromatic rings. The number of nitrogens with one attached hydrogen (secondary N) is 1. The van der Waals surface area contributed by atoms with Crippen molar-refractivity contribution in [2.24, 2.45) is 5.73 Å². The molecule has 3 nitrogen and oxygen atoms in total. The largest absolute Gasteiger partial charge is 0.352 e. The Hall–Kier alpha value is -2.29. The predicted molar refractivity (Wildman–Crippen MR) is 72.1 cm³/mol. The van der Waals surface area contributed by atoms with Crippen LogP contribution in [0.25, 0.3) is 0 Å². The molecule has 0 aliphatic carbocycles. The molecule has 0 bridgehead atoms. The standard InChI is InChI=1S/C15H16N2O/c1-15(17-14(16)18,12-8-4-2-5-9-12)13-10-6-3-7-11-13/h2-11H,1H3,(H3,16,17,18). The van der Waals surface area contributed by atoms with Crippen molar-refractivity contribution in [2.45, 2.75) is 12.5 Å². The van der Waals surface area contributed by atoms with Crippen LogP contribution in [0.4, 0.5) is 4.79 Å². The molecule has 3 N–H and O–H groups in total. The third-order valence-corrected chi connectivity index (χ3v) is 3.08. The molecule has 3 heteroatoms. The van der Waals surface area contributed by atoms with Gasteiger partial charge < -0.3 is 11.1 Å². The second-order valence-corrected chi connectivity index (χ2v) is 4.35. The van der Waals surface area contributed by atoms with E-state index < -0.39 is 11.6 Å². The van der Waals surface area contributed by atoms with Gasteiger partial charge in [-0.05, 0) is 18.1 Å².